The summed E-state index contributed by atoms with van der Waals surface area (Å²) in [4.78, 5) is 14.3. The van der Waals surface area contributed by atoms with Gasteiger partial charge in [0.15, 0.2) is 0 Å². The molecule has 4 nitrogen and oxygen atoms in total. The monoisotopic (exact) mass is 306 g/mol. The molecule has 0 saturated carbocycles. The highest BCUT2D eigenvalue weighted by molar-refractivity contribution is 7.25. The number of hydrogen-bond donors (Lipinski definition) is 1. The summed E-state index contributed by atoms with van der Waals surface area (Å²) < 4.78 is 1.05. The van der Waals surface area contributed by atoms with Crippen molar-refractivity contribution in [3.05, 3.63) is 60.6 Å². The molecule has 0 saturated heterocycles. The third kappa shape index (κ3) is 2.19. The van der Waals surface area contributed by atoms with Crippen molar-refractivity contribution in [2.75, 3.05) is 5.32 Å². The molecule has 3 aromatic heterocycles. The van der Waals surface area contributed by atoms with Gasteiger partial charge in [0.2, 0.25) is 0 Å². The number of nitrogens with zero attached hydrogens (tertiary/aromatic N) is 3. The number of nitrogens with one attached hydrogen (secondary N) is 1. The van der Waals surface area contributed by atoms with Crippen LogP contribution in [0.15, 0.2) is 55.0 Å². The number of fused-ring (bicyclic) bond motifs is 3. The van der Waals surface area contributed by atoms with Crippen LogP contribution in [0.25, 0.3) is 20.4 Å². The lowest BCUT2D eigenvalue weighted by Crippen LogP contribution is -2.07. The maximum absolute atomic E-state index is 4.43. The lowest BCUT2D eigenvalue weighted by atomic mass is 10.1. The van der Waals surface area contributed by atoms with Gasteiger partial charge in [0.1, 0.15) is 17.0 Å². The van der Waals surface area contributed by atoms with Crippen LogP contribution in [0.4, 0.5) is 5.82 Å². The van der Waals surface area contributed by atoms with Gasteiger partial charge in [0.25, 0.3) is 0 Å². The summed E-state index contributed by atoms with van der Waals surface area (Å²) in [5.74, 6) is 0.865. The molecular weight excluding hydrogens is 292 g/mol. The molecule has 4 aromatic rings. The van der Waals surface area contributed by atoms with Crippen molar-refractivity contribution in [1.29, 1.82) is 0 Å². The summed E-state index contributed by atoms with van der Waals surface area (Å²) in [6.45, 7) is 2.13. The highest BCUT2D eigenvalue weighted by Gasteiger charge is 2.13. The van der Waals surface area contributed by atoms with Gasteiger partial charge >= 0.3 is 0 Å². The van der Waals surface area contributed by atoms with Gasteiger partial charge in [-0.1, -0.05) is 30.3 Å². The predicted molar refractivity (Wildman–Crippen MR) is 91.2 cm³/mol. The van der Waals surface area contributed by atoms with Crippen LogP contribution in [0, 0.1) is 0 Å². The zero-order valence-electron chi connectivity index (χ0n) is 12.0. The molecule has 0 spiro atoms. The molecule has 108 valence electrons. The Morgan fingerprint density at radius 3 is 2.73 bits per heavy atom. The van der Waals surface area contributed by atoms with Crippen LogP contribution in [0.1, 0.15) is 18.5 Å². The summed E-state index contributed by atoms with van der Waals surface area (Å²) in [6.07, 6.45) is 3.42. The Kier molecular flexibility index (Phi) is 3.20. The van der Waals surface area contributed by atoms with Crippen molar-refractivity contribution in [3.63, 3.8) is 0 Å². The van der Waals surface area contributed by atoms with Gasteiger partial charge in [0.05, 0.1) is 10.2 Å². The summed E-state index contributed by atoms with van der Waals surface area (Å²) in [5.41, 5.74) is 2.19. The predicted octanol–water partition coefficient (Wildman–Crippen LogP) is 4.41. The lowest BCUT2D eigenvalue weighted by Gasteiger charge is -2.15. The molecule has 3 heterocycles. The maximum atomic E-state index is 4.43. The summed E-state index contributed by atoms with van der Waals surface area (Å²) >= 11 is 1.63. The van der Waals surface area contributed by atoms with Crippen molar-refractivity contribution < 1.29 is 0 Å². The molecule has 1 atom stereocenters. The van der Waals surface area contributed by atoms with Crippen molar-refractivity contribution in [2.24, 2.45) is 0 Å². The molecule has 4 rings (SSSR count). The highest BCUT2D eigenvalue weighted by Crippen LogP contribution is 2.35. The standard InChI is InChI=1S/C17H14N4S/c1-11(12-6-3-2-4-7-12)21-16-15-14(19-10-20-16)13-8-5-9-18-17(13)22-15/h2-11H,1H3,(H,19,20,21). The van der Waals surface area contributed by atoms with Gasteiger partial charge in [-0.05, 0) is 24.6 Å². The molecule has 0 radical (unpaired) electrons. The normalized spacial score (nSPS) is 12.6. The van der Waals surface area contributed by atoms with Gasteiger partial charge < -0.3 is 5.32 Å². The van der Waals surface area contributed by atoms with Crippen molar-refractivity contribution in [1.82, 2.24) is 15.0 Å². The van der Waals surface area contributed by atoms with Crippen LogP contribution in [-0.2, 0) is 0 Å². The van der Waals surface area contributed by atoms with Crippen LogP contribution in [0.3, 0.4) is 0 Å². The van der Waals surface area contributed by atoms with E-state index in [2.05, 4.69) is 45.4 Å². The Morgan fingerprint density at radius 2 is 1.86 bits per heavy atom. The number of rotatable bonds is 3. The zero-order valence-corrected chi connectivity index (χ0v) is 12.8. The number of thiophene rings is 1. The third-order valence-corrected chi connectivity index (χ3v) is 4.79. The first-order valence-electron chi connectivity index (χ1n) is 7.12. The molecule has 22 heavy (non-hydrogen) atoms. The van der Waals surface area contributed by atoms with Gasteiger partial charge in [-0.3, -0.25) is 0 Å². The molecule has 0 aliphatic rings. The fourth-order valence-electron chi connectivity index (χ4n) is 2.54. The van der Waals surface area contributed by atoms with E-state index in [0.717, 1.165) is 26.3 Å². The molecule has 5 heteroatoms. The highest BCUT2D eigenvalue weighted by atomic mass is 32.1. The van der Waals surface area contributed by atoms with Gasteiger partial charge in [0, 0.05) is 17.6 Å². The van der Waals surface area contributed by atoms with Crippen molar-refractivity contribution in [2.45, 2.75) is 13.0 Å². The fraction of sp³-hybridized carbons (Fsp3) is 0.118. The van der Waals surface area contributed by atoms with E-state index >= 15 is 0 Å². The minimum atomic E-state index is 0.178. The second-order valence-electron chi connectivity index (χ2n) is 5.13. The van der Waals surface area contributed by atoms with Crippen LogP contribution >= 0.6 is 11.3 Å². The number of aromatic nitrogens is 3. The Hall–Kier alpha value is -2.53. The third-order valence-electron chi connectivity index (χ3n) is 3.68. The molecule has 1 N–H and O–H groups in total. The van der Waals surface area contributed by atoms with E-state index in [9.17, 15) is 0 Å². The van der Waals surface area contributed by atoms with E-state index < -0.39 is 0 Å². The molecule has 0 bridgehead atoms. The van der Waals surface area contributed by atoms with Crippen LogP contribution < -0.4 is 5.32 Å². The quantitative estimate of drug-likeness (QED) is 0.609. The first-order valence-corrected chi connectivity index (χ1v) is 7.94. The Balaban J connectivity index is 1.79. The smallest absolute Gasteiger partial charge is 0.148 e. The zero-order chi connectivity index (χ0) is 14.9. The van der Waals surface area contributed by atoms with Crippen molar-refractivity contribution in [3.8, 4) is 0 Å². The van der Waals surface area contributed by atoms with Crippen LogP contribution in [-0.4, -0.2) is 15.0 Å². The van der Waals surface area contributed by atoms with Crippen LogP contribution in [0.2, 0.25) is 0 Å². The van der Waals surface area contributed by atoms with Gasteiger partial charge in [-0.25, -0.2) is 15.0 Å². The Bertz CT molecular complexity index is 933. The lowest BCUT2D eigenvalue weighted by molar-refractivity contribution is 0.876. The van der Waals surface area contributed by atoms with E-state index in [1.54, 1.807) is 17.7 Å². The summed E-state index contributed by atoms with van der Waals surface area (Å²) in [5, 5.41) is 4.58. The molecule has 1 unspecified atom stereocenters. The molecule has 0 aliphatic carbocycles. The molecular formula is C17H14N4S. The van der Waals surface area contributed by atoms with E-state index in [-0.39, 0.29) is 6.04 Å². The van der Waals surface area contributed by atoms with Crippen LogP contribution in [0.5, 0.6) is 0 Å². The summed E-state index contributed by atoms with van der Waals surface area (Å²) in [6, 6.07) is 14.5. The fourth-order valence-corrected chi connectivity index (χ4v) is 3.59. The molecule has 0 fully saturated rings. The van der Waals surface area contributed by atoms with Gasteiger partial charge in [-0.2, -0.15) is 0 Å². The van der Waals surface area contributed by atoms with E-state index in [1.165, 1.54) is 5.56 Å². The van der Waals surface area contributed by atoms with E-state index in [1.807, 2.05) is 30.5 Å². The maximum Gasteiger partial charge on any atom is 0.148 e. The SMILES string of the molecule is CC(Nc1ncnc2c1sc1ncccc12)c1ccccc1. The summed E-state index contributed by atoms with van der Waals surface area (Å²) in [7, 11) is 0. The average molecular weight is 306 g/mol. The Labute approximate surface area is 131 Å². The van der Waals surface area contributed by atoms with E-state index in [0.29, 0.717) is 0 Å². The van der Waals surface area contributed by atoms with Crippen molar-refractivity contribution >= 4 is 37.6 Å². The first-order chi connectivity index (χ1) is 10.8. The minimum absolute atomic E-state index is 0.178. The minimum Gasteiger partial charge on any atom is -0.362 e. The number of hydrogen-bond acceptors (Lipinski definition) is 5. The average Bonchev–Trinajstić information content (AvgIpc) is 2.95. The first kappa shape index (κ1) is 13.2. The Morgan fingerprint density at radius 1 is 1.00 bits per heavy atom. The molecule has 0 aliphatic heterocycles. The molecule has 0 amide bonds. The number of anilines is 1. The topological polar surface area (TPSA) is 50.7 Å². The number of benzene rings is 1. The second kappa shape index (κ2) is 5.35. The molecule has 1 aromatic carbocycles. The second-order valence-corrected chi connectivity index (χ2v) is 6.13. The number of pyridine rings is 1. The van der Waals surface area contributed by atoms with Gasteiger partial charge in [-0.15, -0.1) is 11.3 Å². The largest absolute Gasteiger partial charge is 0.362 e. The van der Waals surface area contributed by atoms with E-state index in [4.69, 9.17) is 0 Å².